The molecular formula is C27H32N8. The van der Waals surface area contributed by atoms with E-state index in [1.54, 1.807) is 0 Å². The van der Waals surface area contributed by atoms with Crippen LogP contribution in [0, 0.1) is 13.8 Å². The fourth-order valence-corrected chi connectivity index (χ4v) is 3.79. The smallest absolute Gasteiger partial charge is 0.103 e. The Morgan fingerprint density at radius 2 is 1.20 bits per heavy atom. The normalized spacial score (nSPS) is 11.7. The van der Waals surface area contributed by atoms with Crippen molar-refractivity contribution in [1.29, 1.82) is 0 Å². The molecule has 8 nitrogen and oxygen atoms in total. The molecule has 0 fully saturated rings. The van der Waals surface area contributed by atoms with Crippen molar-refractivity contribution >= 4 is 12.4 Å². The lowest BCUT2D eigenvalue weighted by atomic mass is 10.3. The molecule has 0 amide bonds. The molecule has 35 heavy (non-hydrogen) atoms. The third-order valence-corrected chi connectivity index (χ3v) is 5.63. The Hall–Kier alpha value is -3.94. The van der Waals surface area contributed by atoms with Gasteiger partial charge in [0.15, 0.2) is 0 Å². The molecule has 0 atom stereocenters. The molecule has 0 unspecified atom stereocenters. The topological polar surface area (TPSA) is 86.1 Å². The Kier molecular flexibility index (Phi) is 8.64. The number of pyridine rings is 2. The summed E-state index contributed by atoms with van der Waals surface area (Å²) in [6.45, 7) is 7.24. The van der Waals surface area contributed by atoms with Crippen molar-refractivity contribution in [2.75, 3.05) is 13.1 Å². The highest BCUT2D eigenvalue weighted by atomic mass is 15.3. The van der Waals surface area contributed by atoms with Gasteiger partial charge in [-0.25, -0.2) is 0 Å². The lowest BCUT2D eigenvalue weighted by Gasteiger charge is -2.06. The van der Waals surface area contributed by atoms with Gasteiger partial charge in [0.2, 0.25) is 0 Å². The van der Waals surface area contributed by atoms with Crippen molar-refractivity contribution in [3.63, 3.8) is 0 Å². The summed E-state index contributed by atoms with van der Waals surface area (Å²) < 4.78 is 4.08. The number of rotatable bonds is 12. The zero-order chi connectivity index (χ0) is 24.3. The van der Waals surface area contributed by atoms with Gasteiger partial charge in [0.25, 0.3) is 0 Å². The van der Waals surface area contributed by atoms with Gasteiger partial charge in [0, 0.05) is 86.6 Å². The lowest BCUT2D eigenvalue weighted by molar-refractivity contribution is 0.488. The van der Waals surface area contributed by atoms with E-state index in [0.29, 0.717) is 13.1 Å². The van der Waals surface area contributed by atoms with Gasteiger partial charge in [0.05, 0.1) is 0 Å². The zero-order valence-corrected chi connectivity index (χ0v) is 20.5. The predicted octanol–water partition coefficient (Wildman–Crippen LogP) is 3.90. The summed E-state index contributed by atoms with van der Waals surface area (Å²) in [4.78, 5) is 17.7. The maximum absolute atomic E-state index is 4.68. The average molecular weight is 469 g/mol. The van der Waals surface area contributed by atoms with Crippen molar-refractivity contribution in [2.24, 2.45) is 9.98 Å². The summed E-state index contributed by atoms with van der Waals surface area (Å²) in [5, 5.41) is 9.37. The third kappa shape index (κ3) is 7.53. The van der Waals surface area contributed by atoms with Gasteiger partial charge in [-0.2, -0.15) is 10.2 Å². The molecule has 4 aromatic rings. The number of aryl methyl sites for hydroxylation is 4. The summed E-state index contributed by atoms with van der Waals surface area (Å²) >= 11 is 0. The summed E-state index contributed by atoms with van der Waals surface area (Å²) in [6, 6.07) is 16.0. The Bertz CT molecular complexity index is 1140. The molecule has 0 aliphatic heterocycles. The highest BCUT2D eigenvalue weighted by Crippen LogP contribution is 2.07. The van der Waals surface area contributed by atoms with Crippen molar-refractivity contribution in [1.82, 2.24) is 29.5 Å². The Morgan fingerprint density at radius 1 is 0.714 bits per heavy atom. The average Bonchev–Trinajstić information content (AvgIpc) is 3.42. The van der Waals surface area contributed by atoms with Gasteiger partial charge < -0.3 is 0 Å². The second-order valence-corrected chi connectivity index (χ2v) is 8.43. The van der Waals surface area contributed by atoms with Crippen LogP contribution in [0.4, 0.5) is 0 Å². The van der Waals surface area contributed by atoms with Gasteiger partial charge in [-0.15, -0.1) is 0 Å². The molecule has 8 heteroatoms. The zero-order valence-electron chi connectivity index (χ0n) is 20.5. The fraction of sp³-hybridized carbons (Fsp3) is 0.333. The lowest BCUT2D eigenvalue weighted by Crippen LogP contribution is -2.09. The number of hydrogen-bond acceptors (Lipinski definition) is 6. The highest BCUT2D eigenvalue weighted by Gasteiger charge is 2.05. The number of nitrogens with zero attached hydrogens (tertiary/aromatic N) is 8. The van der Waals surface area contributed by atoms with E-state index >= 15 is 0 Å². The van der Waals surface area contributed by atoms with Crippen molar-refractivity contribution in [3.05, 3.63) is 95.1 Å². The maximum atomic E-state index is 4.68. The summed E-state index contributed by atoms with van der Waals surface area (Å²) in [6.07, 6.45) is 9.93. The molecule has 4 heterocycles. The van der Waals surface area contributed by atoms with Crippen LogP contribution in [-0.2, 0) is 25.9 Å². The molecule has 0 aliphatic rings. The first-order chi connectivity index (χ1) is 17.2. The molecule has 0 N–H and O–H groups in total. The Morgan fingerprint density at radius 3 is 1.63 bits per heavy atom. The predicted molar refractivity (Wildman–Crippen MR) is 139 cm³/mol. The molecular weight excluding hydrogens is 436 g/mol. The minimum Gasteiger partial charge on any atom is -0.290 e. The molecule has 0 saturated carbocycles. The van der Waals surface area contributed by atoms with E-state index in [2.05, 4.69) is 56.1 Å². The summed E-state index contributed by atoms with van der Waals surface area (Å²) in [7, 11) is 0. The van der Waals surface area contributed by atoms with Crippen LogP contribution in [0.1, 0.15) is 40.6 Å². The van der Waals surface area contributed by atoms with Crippen LogP contribution in [0.2, 0.25) is 0 Å². The van der Waals surface area contributed by atoms with E-state index < -0.39 is 0 Å². The van der Waals surface area contributed by atoms with Gasteiger partial charge in [-0.1, -0.05) is 12.1 Å². The van der Waals surface area contributed by atoms with Crippen LogP contribution in [0.3, 0.4) is 0 Å². The number of aromatic nitrogens is 6. The molecule has 0 aromatic carbocycles. The Labute approximate surface area is 206 Å². The van der Waals surface area contributed by atoms with Crippen LogP contribution in [0.5, 0.6) is 0 Å². The molecule has 0 spiro atoms. The number of aliphatic imine (C=N–C) groups is 2. The highest BCUT2D eigenvalue weighted by molar-refractivity contribution is 5.77. The Balaban J connectivity index is 1.21. The van der Waals surface area contributed by atoms with E-state index in [9.17, 15) is 0 Å². The largest absolute Gasteiger partial charge is 0.290 e. The van der Waals surface area contributed by atoms with Gasteiger partial charge in [0.1, 0.15) is 11.4 Å². The van der Waals surface area contributed by atoms with Crippen LogP contribution >= 0.6 is 0 Å². The first kappa shape index (κ1) is 24.2. The molecule has 0 bridgehead atoms. The second-order valence-electron chi connectivity index (χ2n) is 8.43. The van der Waals surface area contributed by atoms with Crippen molar-refractivity contribution in [3.8, 4) is 0 Å². The first-order valence-electron chi connectivity index (χ1n) is 12.1. The van der Waals surface area contributed by atoms with Crippen LogP contribution in [-0.4, -0.2) is 55.0 Å². The fourth-order valence-electron chi connectivity index (χ4n) is 3.79. The van der Waals surface area contributed by atoms with E-state index in [0.717, 1.165) is 66.5 Å². The van der Waals surface area contributed by atoms with Gasteiger partial charge in [-0.05, 0) is 56.7 Å². The molecule has 180 valence electrons. The standard InChI is InChI=1S/C27H32N8/c1-22-18-26(20-28-14-10-24-8-3-5-12-30-24)32-34(22)16-7-17-35-23(2)19-27(33-35)21-29-15-11-25-9-4-6-13-31-25/h3-6,8-9,12-13,18-21H,7,10-11,14-17H2,1-2H3. The van der Waals surface area contributed by atoms with E-state index in [1.807, 2.05) is 70.6 Å². The summed E-state index contributed by atoms with van der Waals surface area (Å²) in [5.74, 6) is 0. The number of hydrogen-bond donors (Lipinski definition) is 0. The van der Waals surface area contributed by atoms with Crippen molar-refractivity contribution < 1.29 is 0 Å². The molecule has 0 aliphatic carbocycles. The monoisotopic (exact) mass is 468 g/mol. The minimum atomic E-state index is 0.705. The molecule has 4 rings (SSSR count). The molecule has 4 aromatic heterocycles. The maximum Gasteiger partial charge on any atom is 0.103 e. The molecule has 0 saturated heterocycles. The minimum absolute atomic E-state index is 0.705. The third-order valence-electron chi connectivity index (χ3n) is 5.63. The van der Waals surface area contributed by atoms with E-state index in [-0.39, 0.29) is 0 Å². The SMILES string of the molecule is Cc1cc(C=NCCc2ccccn2)nn1CCCn1nc(C=NCCc2ccccn2)cc1C. The van der Waals surface area contributed by atoms with Gasteiger partial charge >= 0.3 is 0 Å². The van der Waals surface area contributed by atoms with Crippen LogP contribution in [0.25, 0.3) is 0 Å². The van der Waals surface area contributed by atoms with E-state index in [1.165, 1.54) is 0 Å². The van der Waals surface area contributed by atoms with Crippen LogP contribution < -0.4 is 0 Å². The second kappa shape index (κ2) is 12.5. The van der Waals surface area contributed by atoms with Gasteiger partial charge in [-0.3, -0.25) is 29.3 Å². The quantitative estimate of drug-likeness (QED) is 0.295. The molecule has 0 radical (unpaired) electrons. The summed E-state index contributed by atoms with van der Waals surface area (Å²) in [5.41, 5.74) is 6.16. The van der Waals surface area contributed by atoms with Crippen molar-refractivity contribution in [2.45, 2.75) is 46.2 Å². The van der Waals surface area contributed by atoms with Crippen LogP contribution in [0.15, 0.2) is 70.9 Å². The van der Waals surface area contributed by atoms with E-state index in [4.69, 9.17) is 0 Å². The first-order valence-corrected chi connectivity index (χ1v) is 12.1.